The number of hydrogen-bond donors (Lipinski definition) is 1. The number of benzene rings is 3. The summed E-state index contributed by atoms with van der Waals surface area (Å²) in [5.74, 6) is -0.200. The predicted molar refractivity (Wildman–Crippen MR) is 118 cm³/mol. The molecule has 0 heterocycles. The Kier molecular flexibility index (Phi) is 5.94. The highest BCUT2D eigenvalue weighted by molar-refractivity contribution is 5.79. The molecular formula is C26H24FNO2. The zero-order valence-corrected chi connectivity index (χ0v) is 16.9. The number of fused-ring (bicyclic) bond motifs is 3. The van der Waals surface area contributed by atoms with Crippen molar-refractivity contribution >= 4 is 12.2 Å². The molecule has 30 heavy (non-hydrogen) atoms. The molecule has 0 saturated heterocycles. The molecular weight excluding hydrogens is 377 g/mol. The van der Waals surface area contributed by atoms with Gasteiger partial charge in [0.15, 0.2) is 0 Å². The van der Waals surface area contributed by atoms with Gasteiger partial charge in [-0.1, -0.05) is 72.3 Å². The number of amides is 1. The molecule has 4 rings (SSSR count). The van der Waals surface area contributed by atoms with Crippen molar-refractivity contribution in [3.8, 4) is 11.1 Å². The van der Waals surface area contributed by atoms with Crippen LogP contribution in [0.2, 0.25) is 0 Å². The molecule has 0 saturated carbocycles. The van der Waals surface area contributed by atoms with Gasteiger partial charge < -0.3 is 10.1 Å². The molecule has 1 aliphatic rings. The van der Waals surface area contributed by atoms with Crippen LogP contribution in [-0.2, 0) is 4.74 Å². The summed E-state index contributed by atoms with van der Waals surface area (Å²) in [7, 11) is 0. The van der Waals surface area contributed by atoms with Crippen molar-refractivity contribution in [3.63, 3.8) is 0 Å². The Balaban J connectivity index is 1.28. The van der Waals surface area contributed by atoms with Gasteiger partial charge in [-0.05, 0) is 47.7 Å². The van der Waals surface area contributed by atoms with Crippen LogP contribution in [0.4, 0.5) is 9.18 Å². The molecule has 4 heteroatoms. The van der Waals surface area contributed by atoms with Gasteiger partial charge in [-0.2, -0.15) is 0 Å². The van der Waals surface area contributed by atoms with Gasteiger partial charge in [0.05, 0.1) is 0 Å². The van der Waals surface area contributed by atoms with Crippen molar-refractivity contribution in [2.45, 2.75) is 19.3 Å². The van der Waals surface area contributed by atoms with Crippen molar-refractivity contribution in [1.82, 2.24) is 5.32 Å². The zero-order chi connectivity index (χ0) is 20.9. The van der Waals surface area contributed by atoms with Crippen LogP contribution in [0.25, 0.3) is 17.2 Å². The van der Waals surface area contributed by atoms with Crippen molar-refractivity contribution in [3.05, 3.63) is 101 Å². The lowest BCUT2D eigenvalue weighted by Crippen LogP contribution is -2.26. The summed E-state index contributed by atoms with van der Waals surface area (Å²) in [6.07, 6.45) is 3.74. The van der Waals surface area contributed by atoms with Gasteiger partial charge in [0, 0.05) is 18.0 Å². The molecule has 3 nitrogen and oxygen atoms in total. The minimum Gasteiger partial charge on any atom is -0.449 e. The third-order valence-electron chi connectivity index (χ3n) is 5.37. The van der Waals surface area contributed by atoms with Crippen molar-refractivity contribution < 1.29 is 13.9 Å². The molecule has 0 bridgehead atoms. The molecule has 0 atom stereocenters. The molecule has 3 aromatic carbocycles. The lowest BCUT2D eigenvalue weighted by atomic mass is 9.98. The second-order valence-corrected chi connectivity index (χ2v) is 7.47. The first kappa shape index (κ1) is 19.9. The van der Waals surface area contributed by atoms with Crippen LogP contribution in [0.3, 0.4) is 0 Å². The number of halogens is 1. The van der Waals surface area contributed by atoms with E-state index in [9.17, 15) is 9.18 Å². The minimum absolute atomic E-state index is 0.0485. The van der Waals surface area contributed by atoms with E-state index < -0.39 is 6.09 Å². The SMILES string of the molecule is Cc1ccc(F)c(C=CCCNC(=O)OCC2c3ccccc3-c3ccccc32)c1. The van der Waals surface area contributed by atoms with Crippen LogP contribution < -0.4 is 5.32 Å². The lowest BCUT2D eigenvalue weighted by molar-refractivity contribution is 0.143. The van der Waals surface area contributed by atoms with Crippen molar-refractivity contribution in [1.29, 1.82) is 0 Å². The Morgan fingerprint density at radius 3 is 2.40 bits per heavy atom. The molecule has 0 aliphatic heterocycles. The molecule has 1 aliphatic carbocycles. The van der Waals surface area contributed by atoms with Crippen LogP contribution in [0, 0.1) is 12.7 Å². The fourth-order valence-electron chi connectivity index (χ4n) is 3.91. The standard InChI is InChI=1S/C26H24FNO2/c1-18-13-14-25(27)19(16-18)8-6-7-15-28-26(29)30-17-24-22-11-4-2-9-20(22)21-10-3-5-12-23(21)24/h2-6,8-14,16,24H,7,15,17H2,1H3,(H,28,29). The number of carbonyl (C=O) groups is 1. The Bertz CT molecular complexity index is 1040. The van der Waals surface area contributed by atoms with Gasteiger partial charge in [0.25, 0.3) is 0 Å². The maximum atomic E-state index is 13.7. The summed E-state index contributed by atoms with van der Waals surface area (Å²) in [5.41, 5.74) is 6.35. The normalized spacial score (nSPS) is 12.6. The fraction of sp³-hybridized carbons (Fsp3) is 0.192. The van der Waals surface area contributed by atoms with Crippen molar-refractivity contribution in [2.24, 2.45) is 0 Å². The highest BCUT2D eigenvalue weighted by Crippen LogP contribution is 2.44. The molecule has 152 valence electrons. The average molecular weight is 401 g/mol. The summed E-state index contributed by atoms with van der Waals surface area (Å²) in [4.78, 5) is 12.1. The number of ether oxygens (including phenoxy) is 1. The van der Waals surface area contributed by atoms with Crippen LogP contribution in [0.1, 0.15) is 34.6 Å². The van der Waals surface area contributed by atoms with Gasteiger partial charge in [-0.15, -0.1) is 0 Å². The fourth-order valence-corrected chi connectivity index (χ4v) is 3.91. The van der Waals surface area contributed by atoms with Crippen molar-refractivity contribution in [2.75, 3.05) is 13.2 Å². The zero-order valence-electron chi connectivity index (χ0n) is 16.9. The maximum Gasteiger partial charge on any atom is 0.407 e. The Hall–Kier alpha value is -3.40. The third-order valence-corrected chi connectivity index (χ3v) is 5.37. The number of carbonyl (C=O) groups excluding carboxylic acids is 1. The first-order chi connectivity index (χ1) is 14.6. The topological polar surface area (TPSA) is 38.3 Å². The van der Waals surface area contributed by atoms with E-state index in [4.69, 9.17) is 4.74 Å². The molecule has 3 aromatic rings. The molecule has 0 fully saturated rings. The molecule has 1 N–H and O–H groups in total. The number of rotatable bonds is 6. The highest BCUT2D eigenvalue weighted by Gasteiger charge is 2.28. The molecule has 0 unspecified atom stereocenters. The van der Waals surface area contributed by atoms with Gasteiger partial charge in [-0.25, -0.2) is 9.18 Å². The molecule has 0 radical (unpaired) electrons. The summed E-state index contributed by atoms with van der Waals surface area (Å²) in [5, 5.41) is 2.76. The van der Waals surface area contributed by atoms with Gasteiger partial charge in [0.2, 0.25) is 0 Å². The molecule has 1 amide bonds. The number of hydrogen-bond acceptors (Lipinski definition) is 2. The number of alkyl carbamates (subject to hydrolysis) is 1. The first-order valence-corrected chi connectivity index (χ1v) is 10.1. The second-order valence-electron chi connectivity index (χ2n) is 7.47. The monoisotopic (exact) mass is 401 g/mol. The number of nitrogens with one attached hydrogen (secondary N) is 1. The summed E-state index contributed by atoms with van der Waals surface area (Å²) >= 11 is 0. The summed E-state index contributed by atoms with van der Waals surface area (Å²) < 4.78 is 19.2. The second kappa shape index (κ2) is 8.95. The third kappa shape index (κ3) is 4.28. The van der Waals surface area contributed by atoms with E-state index in [2.05, 4.69) is 29.6 Å². The number of aryl methyl sites for hydroxylation is 1. The maximum absolute atomic E-state index is 13.7. The van der Waals surface area contributed by atoms with E-state index in [0.29, 0.717) is 25.1 Å². The van der Waals surface area contributed by atoms with E-state index >= 15 is 0 Å². The van der Waals surface area contributed by atoms with E-state index in [1.54, 1.807) is 18.2 Å². The highest BCUT2D eigenvalue weighted by atomic mass is 19.1. The van der Waals surface area contributed by atoms with E-state index in [1.807, 2.05) is 37.3 Å². The average Bonchev–Trinajstić information content (AvgIpc) is 3.08. The van der Waals surface area contributed by atoms with Crippen LogP contribution in [-0.4, -0.2) is 19.2 Å². The van der Waals surface area contributed by atoms with Crippen LogP contribution >= 0.6 is 0 Å². The van der Waals surface area contributed by atoms with E-state index in [0.717, 1.165) is 5.56 Å². The lowest BCUT2D eigenvalue weighted by Gasteiger charge is -2.14. The van der Waals surface area contributed by atoms with Gasteiger partial charge in [-0.3, -0.25) is 0 Å². The predicted octanol–water partition coefficient (Wildman–Crippen LogP) is 6.08. The largest absolute Gasteiger partial charge is 0.449 e. The minimum atomic E-state index is -0.438. The first-order valence-electron chi connectivity index (χ1n) is 10.1. The smallest absolute Gasteiger partial charge is 0.407 e. The van der Waals surface area contributed by atoms with Gasteiger partial charge >= 0.3 is 6.09 Å². The molecule has 0 spiro atoms. The Morgan fingerprint density at radius 2 is 1.70 bits per heavy atom. The van der Waals surface area contributed by atoms with E-state index in [-0.39, 0.29) is 11.7 Å². The van der Waals surface area contributed by atoms with E-state index in [1.165, 1.54) is 28.3 Å². The Morgan fingerprint density at radius 1 is 1.03 bits per heavy atom. The van der Waals surface area contributed by atoms with Crippen LogP contribution in [0.5, 0.6) is 0 Å². The Labute approximate surface area is 176 Å². The summed E-state index contributed by atoms with van der Waals surface area (Å²) in [6.45, 7) is 2.65. The van der Waals surface area contributed by atoms with Gasteiger partial charge in [0.1, 0.15) is 12.4 Å². The summed E-state index contributed by atoms with van der Waals surface area (Å²) in [6, 6.07) is 21.5. The quantitative estimate of drug-likeness (QED) is 0.509. The molecule has 0 aromatic heterocycles. The van der Waals surface area contributed by atoms with Crippen LogP contribution in [0.15, 0.2) is 72.8 Å².